The van der Waals surface area contributed by atoms with Crippen LogP contribution in [0, 0.1) is 11.3 Å². The molecule has 0 fully saturated rings. The fourth-order valence-electron chi connectivity index (χ4n) is 1.65. The summed E-state index contributed by atoms with van der Waals surface area (Å²) in [4.78, 5) is 4.41. The third-order valence-corrected chi connectivity index (χ3v) is 2.51. The van der Waals surface area contributed by atoms with E-state index in [9.17, 15) is 0 Å². The number of nitriles is 1. The van der Waals surface area contributed by atoms with E-state index in [1.54, 1.807) is 16.6 Å². The van der Waals surface area contributed by atoms with E-state index < -0.39 is 0 Å². The minimum Gasteiger partial charge on any atom is -0.221 e. The van der Waals surface area contributed by atoms with Crippen molar-refractivity contribution in [3.05, 3.63) is 54.2 Å². The van der Waals surface area contributed by atoms with Gasteiger partial charge in [-0.1, -0.05) is 6.07 Å². The van der Waals surface area contributed by atoms with Gasteiger partial charge in [0.2, 0.25) is 0 Å². The second-order valence-electron chi connectivity index (χ2n) is 3.63. The van der Waals surface area contributed by atoms with Gasteiger partial charge in [0, 0.05) is 11.8 Å². The van der Waals surface area contributed by atoms with Crippen molar-refractivity contribution in [3.63, 3.8) is 0 Å². The lowest BCUT2D eigenvalue weighted by Crippen LogP contribution is -1.85. The first-order valence-corrected chi connectivity index (χ1v) is 5.19. The summed E-state index contributed by atoms with van der Waals surface area (Å²) >= 11 is 0. The van der Waals surface area contributed by atoms with Crippen LogP contribution in [0.15, 0.2) is 48.7 Å². The van der Waals surface area contributed by atoms with Gasteiger partial charge in [0.15, 0.2) is 11.5 Å². The first kappa shape index (κ1) is 9.55. The molecule has 0 saturated heterocycles. The lowest BCUT2D eigenvalue weighted by atomic mass is 10.1. The molecule has 1 aromatic carbocycles. The molecular weight excluding hydrogens is 212 g/mol. The van der Waals surface area contributed by atoms with E-state index in [2.05, 4.69) is 16.2 Å². The van der Waals surface area contributed by atoms with Crippen LogP contribution in [0.5, 0.6) is 0 Å². The maximum Gasteiger partial charge on any atom is 0.182 e. The maximum atomic E-state index is 8.73. The molecule has 4 nitrogen and oxygen atoms in total. The highest BCUT2D eigenvalue weighted by Gasteiger charge is 2.05. The van der Waals surface area contributed by atoms with Crippen molar-refractivity contribution in [2.45, 2.75) is 0 Å². The van der Waals surface area contributed by atoms with Gasteiger partial charge in [-0.2, -0.15) is 5.26 Å². The minimum absolute atomic E-state index is 0.637. The van der Waals surface area contributed by atoms with Gasteiger partial charge in [-0.05, 0) is 36.4 Å². The number of hydrogen-bond acceptors (Lipinski definition) is 3. The number of fused-ring (bicyclic) bond motifs is 1. The zero-order chi connectivity index (χ0) is 11.7. The highest BCUT2D eigenvalue weighted by atomic mass is 15.3. The van der Waals surface area contributed by atoms with E-state index in [4.69, 9.17) is 5.26 Å². The Morgan fingerprint density at radius 3 is 2.59 bits per heavy atom. The summed E-state index contributed by atoms with van der Waals surface area (Å²) in [7, 11) is 0. The largest absolute Gasteiger partial charge is 0.221 e. The molecular formula is C13H8N4. The van der Waals surface area contributed by atoms with Crippen molar-refractivity contribution in [2.75, 3.05) is 0 Å². The zero-order valence-corrected chi connectivity index (χ0v) is 8.91. The van der Waals surface area contributed by atoms with Crippen molar-refractivity contribution >= 4 is 5.65 Å². The molecule has 17 heavy (non-hydrogen) atoms. The van der Waals surface area contributed by atoms with Crippen molar-refractivity contribution in [1.82, 2.24) is 14.6 Å². The molecule has 0 spiro atoms. The van der Waals surface area contributed by atoms with Gasteiger partial charge >= 0.3 is 0 Å². The van der Waals surface area contributed by atoms with Crippen molar-refractivity contribution in [1.29, 1.82) is 5.26 Å². The Balaban J connectivity index is 2.11. The molecule has 0 aliphatic rings. The van der Waals surface area contributed by atoms with Gasteiger partial charge in [0.1, 0.15) is 0 Å². The molecule has 0 atom stereocenters. The molecule has 0 aliphatic heterocycles. The Hall–Kier alpha value is -2.67. The third-order valence-electron chi connectivity index (χ3n) is 2.51. The Morgan fingerprint density at radius 1 is 1.06 bits per heavy atom. The fraction of sp³-hybridized carbons (Fsp3) is 0. The standard InChI is InChI=1S/C13H8N4/c14-9-10-4-6-11(7-5-10)13-15-12-3-1-2-8-17(12)16-13/h1-8H. The Morgan fingerprint density at radius 2 is 1.88 bits per heavy atom. The molecule has 80 valence electrons. The topological polar surface area (TPSA) is 54.0 Å². The van der Waals surface area contributed by atoms with Gasteiger partial charge in [0.25, 0.3) is 0 Å². The number of nitrogens with zero attached hydrogens (tertiary/aromatic N) is 4. The molecule has 0 saturated carbocycles. The van der Waals surface area contributed by atoms with Gasteiger partial charge < -0.3 is 0 Å². The number of benzene rings is 1. The van der Waals surface area contributed by atoms with E-state index in [0.717, 1.165) is 11.2 Å². The quantitative estimate of drug-likeness (QED) is 0.632. The first-order chi connectivity index (χ1) is 8.36. The number of hydrogen-bond donors (Lipinski definition) is 0. The average molecular weight is 220 g/mol. The van der Waals surface area contributed by atoms with Gasteiger partial charge in [0.05, 0.1) is 11.6 Å². The highest BCUT2D eigenvalue weighted by molar-refractivity contribution is 5.59. The number of rotatable bonds is 1. The molecule has 0 aliphatic carbocycles. The molecule has 0 amide bonds. The van der Waals surface area contributed by atoms with Crippen LogP contribution in [-0.4, -0.2) is 14.6 Å². The van der Waals surface area contributed by atoms with Crippen molar-refractivity contribution < 1.29 is 0 Å². The molecule has 0 radical (unpaired) electrons. The monoisotopic (exact) mass is 220 g/mol. The SMILES string of the molecule is N#Cc1ccc(-c2nc3ccccn3n2)cc1. The van der Waals surface area contributed by atoms with Crippen LogP contribution in [0.25, 0.3) is 17.0 Å². The summed E-state index contributed by atoms with van der Waals surface area (Å²) in [5, 5.41) is 13.1. The molecule has 4 heteroatoms. The Bertz CT molecular complexity index is 671. The molecule has 0 bridgehead atoms. The zero-order valence-electron chi connectivity index (χ0n) is 8.91. The predicted octanol–water partition coefficient (Wildman–Crippen LogP) is 2.27. The Kier molecular flexibility index (Phi) is 2.09. The molecule has 3 rings (SSSR count). The van der Waals surface area contributed by atoms with Crippen LogP contribution in [0.3, 0.4) is 0 Å². The van der Waals surface area contributed by atoms with Gasteiger partial charge in [-0.3, -0.25) is 0 Å². The van der Waals surface area contributed by atoms with E-state index in [0.29, 0.717) is 11.4 Å². The number of pyridine rings is 1. The summed E-state index contributed by atoms with van der Waals surface area (Å²) < 4.78 is 1.73. The summed E-state index contributed by atoms with van der Waals surface area (Å²) in [6, 6.07) is 15.1. The van der Waals surface area contributed by atoms with E-state index in [-0.39, 0.29) is 0 Å². The average Bonchev–Trinajstić information content (AvgIpc) is 2.82. The van der Waals surface area contributed by atoms with E-state index in [1.165, 1.54) is 0 Å². The lowest BCUT2D eigenvalue weighted by molar-refractivity contribution is 0.966. The molecule has 3 aromatic rings. The van der Waals surface area contributed by atoms with Crippen LogP contribution in [0.2, 0.25) is 0 Å². The smallest absolute Gasteiger partial charge is 0.182 e. The van der Waals surface area contributed by atoms with E-state index in [1.807, 2.05) is 36.5 Å². The summed E-state index contributed by atoms with van der Waals surface area (Å²) in [5.41, 5.74) is 2.36. The lowest BCUT2D eigenvalue weighted by Gasteiger charge is -1.93. The van der Waals surface area contributed by atoms with Crippen molar-refractivity contribution in [2.24, 2.45) is 0 Å². The Labute approximate surface area is 97.8 Å². The van der Waals surface area contributed by atoms with Crippen LogP contribution >= 0.6 is 0 Å². The van der Waals surface area contributed by atoms with E-state index >= 15 is 0 Å². The molecule has 2 aromatic heterocycles. The van der Waals surface area contributed by atoms with Crippen LogP contribution < -0.4 is 0 Å². The second-order valence-corrected chi connectivity index (χ2v) is 3.63. The summed E-state index contributed by atoms with van der Waals surface area (Å²) in [5.74, 6) is 0.667. The third kappa shape index (κ3) is 1.64. The first-order valence-electron chi connectivity index (χ1n) is 5.19. The normalized spacial score (nSPS) is 10.3. The van der Waals surface area contributed by atoms with Crippen molar-refractivity contribution in [3.8, 4) is 17.5 Å². The fourth-order valence-corrected chi connectivity index (χ4v) is 1.65. The maximum absolute atomic E-state index is 8.73. The molecule has 0 N–H and O–H groups in total. The van der Waals surface area contributed by atoms with Crippen LogP contribution in [-0.2, 0) is 0 Å². The highest BCUT2D eigenvalue weighted by Crippen LogP contribution is 2.16. The number of aromatic nitrogens is 3. The van der Waals surface area contributed by atoms with Gasteiger partial charge in [-0.25, -0.2) is 9.50 Å². The second kappa shape index (κ2) is 3.72. The summed E-state index contributed by atoms with van der Waals surface area (Å²) in [6.07, 6.45) is 1.86. The molecule has 2 heterocycles. The van der Waals surface area contributed by atoms with Gasteiger partial charge in [-0.15, -0.1) is 5.10 Å². The predicted molar refractivity (Wildman–Crippen MR) is 63.1 cm³/mol. The molecule has 0 unspecified atom stereocenters. The summed E-state index contributed by atoms with van der Waals surface area (Å²) in [6.45, 7) is 0. The van der Waals surface area contributed by atoms with Crippen LogP contribution in [0.4, 0.5) is 0 Å². The minimum atomic E-state index is 0.637. The van der Waals surface area contributed by atoms with Crippen LogP contribution in [0.1, 0.15) is 5.56 Å².